The third kappa shape index (κ3) is 3.88. The lowest BCUT2D eigenvalue weighted by molar-refractivity contribution is 0.129. The molecule has 0 radical (unpaired) electrons. The molecular formula is C23H29N7O3. The second kappa shape index (κ2) is 8.12. The number of likely N-dealkylation sites (tertiary alicyclic amines) is 1. The van der Waals surface area contributed by atoms with Gasteiger partial charge in [0.25, 0.3) is 0 Å². The van der Waals surface area contributed by atoms with Crippen LogP contribution in [-0.4, -0.2) is 83.3 Å². The Hall–Kier alpha value is -2.95. The SMILES string of the molecule is NC1[C@H]2CN(C3COc4cc(-n5ccc(NC(=O)N6CCNCC6)nc5=O)ccc4C3)C[C@@H]12. The number of ether oxygens (including phenoxy) is 1. The molecule has 174 valence electrons. The molecule has 10 heteroatoms. The van der Waals surface area contributed by atoms with Crippen molar-refractivity contribution in [3.63, 3.8) is 0 Å². The average Bonchev–Trinajstić information content (AvgIpc) is 3.23. The molecule has 4 N–H and O–H groups in total. The zero-order chi connectivity index (χ0) is 22.5. The number of piperazine rings is 1. The highest BCUT2D eigenvalue weighted by Gasteiger charge is 2.54. The van der Waals surface area contributed by atoms with Crippen molar-refractivity contribution >= 4 is 11.8 Å². The first-order chi connectivity index (χ1) is 16.1. The molecule has 2 saturated heterocycles. The molecule has 4 heterocycles. The van der Waals surface area contributed by atoms with Gasteiger partial charge in [0.2, 0.25) is 0 Å². The summed E-state index contributed by atoms with van der Waals surface area (Å²) in [5, 5.41) is 5.92. The first kappa shape index (κ1) is 20.6. The normalized spacial score (nSPS) is 28.6. The van der Waals surface area contributed by atoms with Crippen LogP contribution in [0.3, 0.4) is 0 Å². The average molecular weight is 452 g/mol. The van der Waals surface area contributed by atoms with Crippen LogP contribution in [0.15, 0.2) is 35.3 Å². The molecule has 0 bridgehead atoms. The highest BCUT2D eigenvalue weighted by atomic mass is 16.5. The maximum absolute atomic E-state index is 12.7. The Morgan fingerprint density at radius 2 is 1.97 bits per heavy atom. The van der Waals surface area contributed by atoms with Gasteiger partial charge in [-0.2, -0.15) is 4.98 Å². The molecule has 4 aliphatic rings. The number of benzene rings is 1. The van der Waals surface area contributed by atoms with E-state index in [9.17, 15) is 9.59 Å². The molecule has 1 aliphatic carbocycles. The Kier molecular flexibility index (Phi) is 5.08. The van der Waals surface area contributed by atoms with Gasteiger partial charge in [-0.05, 0) is 36.0 Å². The zero-order valence-corrected chi connectivity index (χ0v) is 18.4. The maximum atomic E-state index is 12.7. The summed E-state index contributed by atoms with van der Waals surface area (Å²) in [6, 6.07) is 8.03. The van der Waals surface area contributed by atoms with Crippen LogP contribution >= 0.6 is 0 Å². The van der Waals surface area contributed by atoms with Crippen molar-refractivity contribution < 1.29 is 9.53 Å². The van der Waals surface area contributed by atoms with Gasteiger partial charge in [0.15, 0.2) is 0 Å². The van der Waals surface area contributed by atoms with E-state index in [1.807, 2.05) is 18.2 Å². The number of nitrogens with zero attached hydrogens (tertiary/aromatic N) is 4. The van der Waals surface area contributed by atoms with E-state index < -0.39 is 5.69 Å². The minimum absolute atomic E-state index is 0.241. The first-order valence-corrected chi connectivity index (χ1v) is 11.7. The van der Waals surface area contributed by atoms with E-state index in [0.717, 1.165) is 43.9 Å². The number of piperidine rings is 1. The number of hydrogen-bond acceptors (Lipinski definition) is 7. The summed E-state index contributed by atoms with van der Waals surface area (Å²) in [6.45, 7) is 5.58. The van der Waals surface area contributed by atoms with Gasteiger partial charge < -0.3 is 20.7 Å². The molecule has 3 aliphatic heterocycles. The number of amides is 2. The van der Waals surface area contributed by atoms with Crippen molar-refractivity contribution in [2.45, 2.75) is 18.5 Å². The number of fused-ring (bicyclic) bond motifs is 2. The molecule has 2 aromatic rings. The molecule has 2 amide bonds. The summed E-state index contributed by atoms with van der Waals surface area (Å²) in [4.78, 5) is 33.3. The maximum Gasteiger partial charge on any atom is 0.354 e. The minimum Gasteiger partial charge on any atom is -0.492 e. The summed E-state index contributed by atoms with van der Waals surface area (Å²) in [7, 11) is 0. The van der Waals surface area contributed by atoms with Crippen molar-refractivity contribution in [3.8, 4) is 11.4 Å². The van der Waals surface area contributed by atoms with Gasteiger partial charge in [-0.25, -0.2) is 9.59 Å². The largest absolute Gasteiger partial charge is 0.492 e. The number of carbonyl (C=O) groups excluding carboxylic acids is 1. The van der Waals surface area contributed by atoms with Gasteiger partial charge in [0, 0.05) is 63.6 Å². The molecule has 33 heavy (non-hydrogen) atoms. The van der Waals surface area contributed by atoms with Crippen molar-refractivity contribution in [1.82, 2.24) is 24.7 Å². The standard InChI is InChI=1S/C23H29N7O3/c24-21-17-11-29(12-18(17)21)16-9-14-1-2-15(10-19(14)33-13-16)30-6-3-20(27-23(30)32)26-22(31)28-7-4-25-5-8-28/h1-3,6,10,16-18,21,25H,4-5,7-9,11-13,24H2,(H,26,27,31,32)/t16?,17-,18+,21?. The van der Waals surface area contributed by atoms with Gasteiger partial charge in [-0.3, -0.25) is 14.8 Å². The summed E-state index contributed by atoms with van der Waals surface area (Å²) in [5.74, 6) is 2.39. The Balaban J connectivity index is 1.13. The number of nitrogens with two attached hydrogens (primary N) is 1. The molecule has 4 atom stereocenters. The summed E-state index contributed by atoms with van der Waals surface area (Å²) in [6.07, 6.45) is 2.57. The van der Waals surface area contributed by atoms with E-state index in [0.29, 0.717) is 49.3 Å². The van der Waals surface area contributed by atoms with Crippen LogP contribution in [-0.2, 0) is 6.42 Å². The zero-order valence-electron chi connectivity index (χ0n) is 18.4. The van der Waals surface area contributed by atoms with Gasteiger partial charge in [-0.1, -0.05) is 6.07 Å². The highest BCUT2D eigenvalue weighted by molar-refractivity contribution is 5.88. The molecule has 3 fully saturated rings. The van der Waals surface area contributed by atoms with Crippen molar-refractivity contribution in [2.75, 3.05) is 51.2 Å². The molecule has 1 aromatic heterocycles. The number of rotatable bonds is 3. The molecule has 10 nitrogen and oxygen atoms in total. The fourth-order valence-corrected chi connectivity index (χ4v) is 5.36. The number of hydrogen-bond donors (Lipinski definition) is 3. The molecule has 1 aromatic carbocycles. The van der Waals surface area contributed by atoms with Gasteiger partial charge in [0.05, 0.1) is 5.69 Å². The first-order valence-electron chi connectivity index (χ1n) is 11.7. The van der Waals surface area contributed by atoms with Gasteiger partial charge in [-0.15, -0.1) is 0 Å². The Morgan fingerprint density at radius 1 is 1.18 bits per heavy atom. The van der Waals surface area contributed by atoms with Crippen LogP contribution in [0.5, 0.6) is 5.75 Å². The Morgan fingerprint density at radius 3 is 2.73 bits per heavy atom. The number of anilines is 1. The summed E-state index contributed by atoms with van der Waals surface area (Å²) < 4.78 is 7.56. The smallest absolute Gasteiger partial charge is 0.354 e. The molecule has 2 unspecified atom stereocenters. The van der Waals surface area contributed by atoms with E-state index in [1.54, 1.807) is 17.2 Å². The predicted molar refractivity (Wildman–Crippen MR) is 123 cm³/mol. The van der Waals surface area contributed by atoms with E-state index in [-0.39, 0.29) is 11.8 Å². The van der Waals surface area contributed by atoms with E-state index in [4.69, 9.17) is 10.5 Å². The van der Waals surface area contributed by atoms with Crippen LogP contribution in [0.2, 0.25) is 0 Å². The van der Waals surface area contributed by atoms with Crippen LogP contribution in [0, 0.1) is 11.8 Å². The third-order valence-electron chi connectivity index (χ3n) is 7.46. The van der Waals surface area contributed by atoms with Gasteiger partial charge >= 0.3 is 11.7 Å². The molecule has 0 spiro atoms. The van der Waals surface area contributed by atoms with Crippen molar-refractivity contribution in [3.05, 3.63) is 46.5 Å². The Bertz CT molecular complexity index is 1120. The van der Waals surface area contributed by atoms with Crippen molar-refractivity contribution in [1.29, 1.82) is 0 Å². The molecule has 6 rings (SSSR count). The summed E-state index contributed by atoms with van der Waals surface area (Å²) >= 11 is 0. The number of carbonyl (C=O) groups is 1. The second-order valence-corrected chi connectivity index (χ2v) is 9.45. The van der Waals surface area contributed by atoms with E-state index in [1.165, 1.54) is 4.57 Å². The van der Waals surface area contributed by atoms with Crippen LogP contribution in [0.25, 0.3) is 5.69 Å². The Labute approximate surface area is 191 Å². The monoisotopic (exact) mass is 451 g/mol. The molecular weight excluding hydrogens is 422 g/mol. The van der Waals surface area contributed by atoms with Crippen LogP contribution in [0.1, 0.15) is 5.56 Å². The number of nitrogens with one attached hydrogen (secondary N) is 2. The lowest BCUT2D eigenvalue weighted by Gasteiger charge is -2.33. The number of aromatic nitrogens is 2. The van der Waals surface area contributed by atoms with Crippen molar-refractivity contribution in [2.24, 2.45) is 17.6 Å². The fourth-order valence-electron chi connectivity index (χ4n) is 5.36. The lowest BCUT2D eigenvalue weighted by atomic mass is 10.0. The van der Waals surface area contributed by atoms with E-state index in [2.05, 4.69) is 20.5 Å². The topological polar surface area (TPSA) is 118 Å². The van der Waals surface area contributed by atoms with E-state index >= 15 is 0 Å². The predicted octanol–water partition coefficient (Wildman–Crippen LogP) is -0.138. The van der Waals surface area contributed by atoms with Gasteiger partial charge in [0.1, 0.15) is 18.2 Å². The molecule has 1 saturated carbocycles. The third-order valence-corrected chi connectivity index (χ3v) is 7.46. The summed E-state index contributed by atoms with van der Waals surface area (Å²) in [5.41, 5.74) is 7.47. The quantitative estimate of drug-likeness (QED) is 0.595. The highest BCUT2D eigenvalue weighted by Crippen LogP contribution is 2.45. The van der Waals surface area contributed by atoms with Crippen LogP contribution < -0.4 is 26.8 Å². The fraction of sp³-hybridized carbons (Fsp3) is 0.522. The van der Waals surface area contributed by atoms with Crippen LogP contribution in [0.4, 0.5) is 10.6 Å². The second-order valence-electron chi connectivity index (χ2n) is 9.45. The minimum atomic E-state index is -0.450. The number of urea groups is 1. The lowest BCUT2D eigenvalue weighted by Crippen LogP contribution is -2.48.